The third kappa shape index (κ3) is 4.21. The van der Waals surface area contributed by atoms with Crippen molar-refractivity contribution in [2.75, 3.05) is 0 Å². The molecule has 33 heavy (non-hydrogen) atoms. The molecule has 0 fully saturated rings. The van der Waals surface area contributed by atoms with E-state index < -0.39 is 5.91 Å². The molecule has 162 valence electrons. The number of carbonyl (C=O) groups excluding carboxylic acids is 1. The van der Waals surface area contributed by atoms with E-state index in [1.54, 1.807) is 12.1 Å². The third-order valence-corrected chi connectivity index (χ3v) is 5.59. The van der Waals surface area contributed by atoms with Crippen molar-refractivity contribution in [1.82, 2.24) is 4.98 Å². The van der Waals surface area contributed by atoms with Gasteiger partial charge in [0.2, 0.25) is 0 Å². The van der Waals surface area contributed by atoms with Crippen LogP contribution in [0.2, 0.25) is 0 Å². The van der Waals surface area contributed by atoms with Crippen molar-refractivity contribution in [3.8, 4) is 28.0 Å². The fourth-order valence-electron chi connectivity index (χ4n) is 3.98. The van der Waals surface area contributed by atoms with E-state index in [0.29, 0.717) is 23.6 Å². The molecule has 0 radical (unpaired) electrons. The van der Waals surface area contributed by atoms with Crippen molar-refractivity contribution in [3.05, 3.63) is 114 Å². The van der Waals surface area contributed by atoms with Crippen LogP contribution in [0, 0.1) is 5.82 Å². The molecule has 0 saturated heterocycles. The van der Waals surface area contributed by atoms with E-state index in [1.807, 2.05) is 72.8 Å². The van der Waals surface area contributed by atoms with E-state index in [0.717, 1.165) is 33.2 Å². The fourth-order valence-corrected chi connectivity index (χ4v) is 3.98. The molecule has 0 aliphatic rings. The Balaban J connectivity index is 1.57. The molecule has 1 heterocycles. The van der Waals surface area contributed by atoms with Gasteiger partial charge in [-0.15, -0.1) is 0 Å². The van der Waals surface area contributed by atoms with Gasteiger partial charge in [0.25, 0.3) is 5.91 Å². The van der Waals surface area contributed by atoms with Gasteiger partial charge in [-0.1, -0.05) is 60.7 Å². The van der Waals surface area contributed by atoms with Crippen LogP contribution in [0.4, 0.5) is 4.39 Å². The van der Waals surface area contributed by atoms with E-state index in [4.69, 9.17) is 10.5 Å². The number of aromatic amines is 1. The number of halogens is 1. The van der Waals surface area contributed by atoms with Crippen LogP contribution in [-0.4, -0.2) is 10.9 Å². The molecule has 5 rings (SSSR count). The number of primary amides is 1. The summed E-state index contributed by atoms with van der Waals surface area (Å²) in [6, 6.07) is 29.7. The summed E-state index contributed by atoms with van der Waals surface area (Å²) in [7, 11) is 0. The molecule has 5 heteroatoms. The van der Waals surface area contributed by atoms with Gasteiger partial charge >= 0.3 is 0 Å². The first-order valence-corrected chi connectivity index (χ1v) is 10.6. The molecule has 0 aliphatic carbocycles. The van der Waals surface area contributed by atoms with Crippen molar-refractivity contribution in [3.63, 3.8) is 0 Å². The van der Waals surface area contributed by atoms with Gasteiger partial charge in [0.05, 0.1) is 0 Å². The minimum atomic E-state index is -0.542. The minimum Gasteiger partial charge on any atom is -0.489 e. The molecule has 0 aliphatic heterocycles. The lowest BCUT2D eigenvalue weighted by Crippen LogP contribution is -2.12. The van der Waals surface area contributed by atoms with E-state index in [9.17, 15) is 9.18 Å². The molecule has 0 saturated carbocycles. The Hall–Kier alpha value is -4.38. The van der Waals surface area contributed by atoms with Crippen LogP contribution in [0.5, 0.6) is 5.75 Å². The molecule has 1 amide bonds. The largest absolute Gasteiger partial charge is 0.489 e. The second-order valence-corrected chi connectivity index (χ2v) is 7.81. The standard InChI is InChI=1S/C28H21FN2O2/c29-22-12-9-19(10-13-22)20-11-14-25-24(16-20)26(27(31-25)28(30)32)21-7-4-8-23(15-21)33-17-18-5-2-1-3-6-18/h1-16,31H,17H2,(H2,30,32). The van der Waals surface area contributed by atoms with Gasteiger partial charge in [-0.3, -0.25) is 4.79 Å². The quantitative estimate of drug-likeness (QED) is 0.327. The zero-order valence-corrected chi connectivity index (χ0v) is 17.7. The second-order valence-electron chi connectivity index (χ2n) is 7.81. The van der Waals surface area contributed by atoms with Crippen molar-refractivity contribution >= 4 is 16.8 Å². The normalized spacial score (nSPS) is 10.9. The van der Waals surface area contributed by atoms with E-state index >= 15 is 0 Å². The number of benzene rings is 4. The summed E-state index contributed by atoms with van der Waals surface area (Å²) in [4.78, 5) is 15.4. The van der Waals surface area contributed by atoms with E-state index in [1.165, 1.54) is 12.1 Å². The number of aromatic nitrogens is 1. The van der Waals surface area contributed by atoms with Gasteiger partial charge in [-0.05, 0) is 58.7 Å². The smallest absolute Gasteiger partial charge is 0.265 e. The van der Waals surface area contributed by atoms with Crippen LogP contribution in [0.1, 0.15) is 16.1 Å². The maximum atomic E-state index is 13.4. The summed E-state index contributed by atoms with van der Waals surface area (Å²) in [5.74, 6) is -0.138. The summed E-state index contributed by atoms with van der Waals surface area (Å²) in [5, 5.41) is 0.853. The number of hydrogen-bond donors (Lipinski definition) is 2. The Morgan fingerprint density at radius 1 is 0.818 bits per heavy atom. The average Bonchev–Trinajstić information content (AvgIpc) is 3.23. The van der Waals surface area contributed by atoms with Gasteiger partial charge in [0, 0.05) is 16.5 Å². The molecule has 3 N–H and O–H groups in total. The Labute approximate surface area is 190 Å². The SMILES string of the molecule is NC(=O)c1[nH]c2ccc(-c3ccc(F)cc3)cc2c1-c1cccc(OCc2ccccc2)c1. The van der Waals surface area contributed by atoms with Crippen LogP contribution in [0.15, 0.2) is 97.1 Å². The predicted octanol–water partition coefficient (Wildman–Crippen LogP) is 6.32. The molecular weight excluding hydrogens is 415 g/mol. The Bertz CT molecular complexity index is 1440. The summed E-state index contributed by atoms with van der Waals surface area (Å²) in [6.07, 6.45) is 0. The van der Waals surface area contributed by atoms with Crippen molar-refractivity contribution in [2.24, 2.45) is 5.73 Å². The second kappa shape index (κ2) is 8.63. The summed E-state index contributed by atoms with van der Waals surface area (Å²) >= 11 is 0. The van der Waals surface area contributed by atoms with Crippen LogP contribution >= 0.6 is 0 Å². The van der Waals surface area contributed by atoms with Gasteiger partial charge in [-0.2, -0.15) is 0 Å². The third-order valence-electron chi connectivity index (χ3n) is 5.59. The van der Waals surface area contributed by atoms with Crippen molar-refractivity contribution in [1.29, 1.82) is 0 Å². The van der Waals surface area contributed by atoms with Gasteiger partial charge in [-0.25, -0.2) is 4.39 Å². The van der Waals surface area contributed by atoms with Crippen molar-refractivity contribution in [2.45, 2.75) is 6.61 Å². The molecule has 0 unspecified atom stereocenters. The molecule has 4 nitrogen and oxygen atoms in total. The number of amides is 1. The highest BCUT2D eigenvalue weighted by atomic mass is 19.1. The lowest BCUT2D eigenvalue weighted by Gasteiger charge is -2.09. The highest BCUT2D eigenvalue weighted by Crippen LogP contribution is 2.36. The number of ether oxygens (including phenoxy) is 1. The predicted molar refractivity (Wildman–Crippen MR) is 128 cm³/mol. The van der Waals surface area contributed by atoms with Gasteiger partial charge in [0.15, 0.2) is 0 Å². The number of nitrogens with two attached hydrogens (primary N) is 1. The zero-order valence-electron chi connectivity index (χ0n) is 17.7. The number of carbonyl (C=O) groups is 1. The number of fused-ring (bicyclic) bond motifs is 1. The highest BCUT2D eigenvalue weighted by molar-refractivity contribution is 6.10. The molecule has 0 spiro atoms. The molecule has 1 aromatic heterocycles. The van der Waals surface area contributed by atoms with Crippen LogP contribution < -0.4 is 10.5 Å². The number of H-pyrrole nitrogens is 1. The first-order valence-electron chi connectivity index (χ1n) is 10.6. The summed E-state index contributed by atoms with van der Waals surface area (Å²) < 4.78 is 19.4. The monoisotopic (exact) mass is 436 g/mol. The van der Waals surface area contributed by atoms with Gasteiger partial charge in [0.1, 0.15) is 23.9 Å². The molecule has 0 bridgehead atoms. The maximum Gasteiger partial charge on any atom is 0.265 e. The van der Waals surface area contributed by atoms with Crippen LogP contribution in [0.25, 0.3) is 33.2 Å². The lowest BCUT2D eigenvalue weighted by atomic mass is 9.98. The molecule has 0 atom stereocenters. The molecular formula is C28H21FN2O2. The van der Waals surface area contributed by atoms with Gasteiger partial charge < -0.3 is 15.5 Å². The first-order chi connectivity index (χ1) is 16.1. The Kier molecular flexibility index (Phi) is 5.37. The first kappa shape index (κ1) is 20.5. The summed E-state index contributed by atoms with van der Waals surface area (Å²) in [6.45, 7) is 0.440. The topological polar surface area (TPSA) is 68.1 Å². The maximum absolute atomic E-state index is 13.4. The average molecular weight is 436 g/mol. The minimum absolute atomic E-state index is 0.287. The Morgan fingerprint density at radius 2 is 1.58 bits per heavy atom. The highest BCUT2D eigenvalue weighted by Gasteiger charge is 2.18. The lowest BCUT2D eigenvalue weighted by molar-refractivity contribution is 0.0997. The van der Waals surface area contributed by atoms with Crippen molar-refractivity contribution < 1.29 is 13.9 Å². The number of rotatable bonds is 6. The summed E-state index contributed by atoms with van der Waals surface area (Å²) in [5.41, 5.74) is 11.2. The van der Waals surface area contributed by atoms with Crippen LogP contribution in [0.3, 0.4) is 0 Å². The zero-order chi connectivity index (χ0) is 22.8. The fraction of sp³-hybridized carbons (Fsp3) is 0.0357. The Morgan fingerprint density at radius 3 is 2.33 bits per heavy atom. The molecule has 4 aromatic carbocycles. The van der Waals surface area contributed by atoms with Crippen LogP contribution in [-0.2, 0) is 6.61 Å². The van der Waals surface area contributed by atoms with E-state index in [-0.39, 0.29) is 5.82 Å². The molecule has 5 aromatic rings. The number of hydrogen-bond acceptors (Lipinski definition) is 2. The van der Waals surface area contributed by atoms with E-state index in [2.05, 4.69) is 4.98 Å². The number of nitrogens with one attached hydrogen (secondary N) is 1.